The van der Waals surface area contributed by atoms with E-state index in [9.17, 15) is 23.2 Å². The Labute approximate surface area is 194 Å². The number of methoxy groups -OCH3 is 2. The zero-order valence-electron chi connectivity index (χ0n) is 18.9. The number of rotatable bonds is 4. The standard InChI is InChI=1S/C24H15F3N2O3.C2H6/c1-31-16-5-3-15(4-6-16)29-12-19(13-8-20(25)23(27)21(26)9-13)18-10-17(32-2)7-14(11-28)22(18)24(29)30;1-2/h3-10,12H,1-2H3;1-2H3. The van der Waals surface area contributed by atoms with Crippen LogP contribution in [0.15, 0.2) is 59.5 Å². The molecular formula is C26H21F3N2O3. The molecule has 1 aromatic heterocycles. The topological polar surface area (TPSA) is 64.2 Å². The summed E-state index contributed by atoms with van der Waals surface area (Å²) >= 11 is 0. The molecule has 4 aromatic rings. The van der Waals surface area contributed by atoms with E-state index in [0.29, 0.717) is 11.4 Å². The van der Waals surface area contributed by atoms with Crippen molar-refractivity contribution in [2.75, 3.05) is 14.2 Å². The Morgan fingerprint density at radius 1 is 0.882 bits per heavy atom. The second-order valence-electron chi connectivity index (χ2n) is 6.88. The zero-order chi connectivity index (χ0) is 25.0. The molecule has 174 valence electrons. The molecule has 1 heterocycles. The summed E-state index contributed by atoms with van der Waals surface area (Å²) in [4.78, 5) is 13.4. The minimum absolute atomic E-state index is 0.00851. The van der Waals surface area contributed by atoms with Crippen LogP contribution in [0.25, 0.3) is 27.6 Å². The van der Waals surface area contributed by atoms with Gasteiger partial charge in [-0.1, -0.05) is 13.8 Å². The molecule has 5 nitrogen and oxygen atoms in total. The Balaban J connectivity index is 0.00000158. The number of pyridine rings is 1. The minimum Gasteiger partial charge on any atom is -0.497 e. The van der Waals surface area contributed by atoms with E-state index in [0.717, 1.165) is 12.1 Å². The maximum absolute atomic E-state index is 14.0. The highest BCUT2D eigenvalue weighted by Crippen LogP contribution is 2.34. The Hall–Kier alpha value is -4.25. The van der Waals surface area contributed by atoms with Gasteiger partial charge in [0.05, 0.1) is 25.2 Å². The predicted molar refractivity (Wildman–Crippen MR) is 124 cm³/mol. The van der Waals surface area contributed by atoms with Crippen molar-refractivity contribution in [1.82, 2.24) is 4.57 Å². The van der Waals surface area contributed by atoms with E-state index >= 15 is 0 Å². The number of ether oxygens (including phenoxy) is 2. The lowest BCUT2D eigenvalue weighted by Gasteiger charge is -2.15. The molecule has 34 heavy (non-hydrogen) atoms. The normalized spacial score (nSPS) is 10.3. The summed E-state index contributed by atoms with van der Waals surface area (Å²) in [7, 11) is 2.89. The van der Waals surface area contributed by atoms with Crippen molar-refractivity contribution in [3.63, 3.8) is 0 Å². The summed E-state index contributed by atoms with van der Waals surface area (Å²) in [6.45, 7) is 4.00. The number of hydrogen-bond acceptors (Lipinski definition) is 4. The first kappa shape index (κ1) is 24.4. The summed E-state index contributed by atoms with van der Waals surface area (Å²) in [6.07, 6.45) is 1.39. The molecule has 0 aliphatic carbocycles. The second-order valence-corrected chi connectivity index (χ2v) is 6.88. The Kier molecular flexibility index (Phi) is 7.27. The van der Waals surface area contributed by atoms with E-state index in [4.69, 9.17) is 9.47 Å². The van der Waals surface area contributed by atoms with E-state index in [1.54, 1.807) is 24.3 Å². The van der Waals surface area contributed by atoms with Crippen LogP contribution < -0.4 is 15.0 Å². The van der Waals surface area contributed by atoms with Crippen molar-refractivity contribution in [2.45, 2.75) is 13.8 Å². The summed E-state index contributed by atoms with van der Waals surface area (Å²) in [5, 5.41) is 9.93. The Morgan fingerprint density at radius 2 is 1.47 bits per heavy atom. The van der Waals surface area contributed by atoms with Crippen molar-refractivity contribution < 1.29 is 22.6 Å². The third kappa shape index (κ3) is 4.33. The molecule has 0 radical (unpaired) electrons. The van der Waals surface area contributed by atoms with Crippen molar-refractivity contribution in [2.24, 2.45) is 0 Å². The predicted octanol–water partition coefficient (Wildman–Crippen LogP) is 5.99. The minimum atomic E-state index is -1.60. The number of fused-ring (bicyclic) bond motifs is 1. The monoisotopic (exact) mass is 466 g/mol. The average molecular weight is 466 g/mol. The summed E-state index contributed by atoms with van der Waals surface area (Å²) < 4.78 is 53.2. The van der Waals surface area contributed by atoms with Gasteiger partial charge < -0.3 is 9.47 Å². The van der Waals surface area contributed by atoms with Gasteiger partial charge in [0.25, 0.3) is 5.56 Å². The molecule has 0 amide bonds. The molecule has 0 spiro atoms. The number of halogens is 3. The van der Waals surface area contributed by atoms with Crippen LogP contribution in [-0.2, 0) is 0 Å². The molecular weight excluding hydrogens is 445 g/mol. The highest BCUT2D eigenvalue weighted by atomic mass is 19.2. The van der Waals surface area contributed by atoms with Crippen LogP contribution in [0.2, 0.25) is 0 Å². The summed E-state index contributed by atoms with van der Waals surface area (Å²) in [6, 6.07) is 13.1. The number of nitrogens with zero attached hydrogens (tertiary/aromatic N) is 2. The number of aromatic nitrogens is 1. The van der Waals surface area contributed by atoms with Gasteiger partial charge in [-0.3, -0.25) is 9.36 Å². The van der Waals surface area contributed by atoms with Crippen LogP contribution in [0.4, 0.5) is 13.2 Å². The first-order valence-corrected chi connectivity index (χ1v) is 10.3. The van der Waals surface area contributed by atoms with Gasteiger partial charge in [0.2, 0.25) is 0 Å². The van der Waals surface area contributed by atoms with E-state index in [-0.39, 0.29) is 33.2 Å². The van der Waals surface area contributed by atoms with Gasteiger partial charge in [-0.15, -0.1) is 0 Å². The van der Waals surface area contributed by atoms with Crippen molar-refractivity contribution in [1.29, 1.82) is 5.26 Å². The number of benzene rings is 3. The molecule has 0 saturated heterocycles. The Morgan fingerprint density at radius 3 is 2.00 bits per heavy atom. The quantitative estimate of drug-likeness (QED) is 0.347. The molecule has 0 saturated carbocycles. The highest BCUT2D eigenvalue weighted by molar-refractivity contribution is 5.99. The molecule has 0 fully saturated rings. The third-order valence-electron chi connectivity index (χ3n) is 5.09. The van der Waals surface area contributed by atoms with Crippen LogP contribution in [0.3, 0.4) is 0 Å². The van der Waals surface area contributed by atoms with Crippen LogP contribution in [-0.4, -0.2) is 18.8 Å². The molecule has 0 bridgehead atoms. The van der Waals surface area contributed by atoms with Crippen molar-refractivity contribution in [3.05, 3.63) is 88.1 Å². The first-order chi connectivity index (χ1) is 16.4. The fourth-order valence-corrected chi connectivity index (χ4v) is 3.52. The third-order valence-corrected chi connectivity index (χ3v) is 5.09. The second kappa shape index (κ2) is 10.1. The smallest absolute Gasteiger partial charge is 0.264 e. The summed E-state index contributed by atoms with van der Waals surface area (Å²) in [5.41, 5.74) is 0.142. The molecule has 0 atom stereocenters. The molecule has 0 aliphatic rings. The summed E-state index contributed by atoms with van der Waals surface area (Å²) in [5.74, 6) is -3.51. The van der Waals surface area contributed by atoms with E-state index in [1.165, 1.54) is 37.1 Å². The van der Waals surface area contributed by atoms with Gasteiger partial charge >= 0.3 is 0 Å². The number of nitriles is 1. The molecule has 3 aromatic carbocycles. The van der Waals surface area contributed by atoms with E-state index in [1.807, 2.05) is 19.9 Å². The average Bonchev–Trinajstić information content (AvgIpc) is 2.87. The molecule has 0 unspecified atom stereocenters. The van der Waals surface area contributed by atoms with Gasteiger partial charge in [0.1, 0.15) is 17.6 Å². The lowest BCUT2D eigenvalue weighted by atomic mass is 9.97. The fraction of sp³-hybridized carbons (Fsp3) is 0.154. The van der Waals surface area contributed by atoms with Gasteiger partial charge in [-0.25, -0.2) is 13.2 Å². The van der Waals surface area contributed by atoms with Gasteiger partial charge in [0.15, 0.2) is 17.5 Å². The molecule has 8 heteroatoms. The zero-order valence-corrected chi connectivity index (χ0v) is 18.9. The largest absolute Gasteiger partial charge is 0.497 e. The van der Waals surface area contributed by atoms with Crippen LogP contribution in [0.5, 0.6) is 11.5 Å². The molecule has 0 aliphatic heterocycles. The lowest BCUT2D eigenvalue weighted by molar-refractivity contribution is 0.414. The Bertz CT molecular complexity index is 1430. The fourth-order valence-electron chi connectivity index (χ4n) is 3.52. The first-order valence-electron chi connectivity index (χ1n) is 10.3. The van der Waals surface area contributed by atoms with Crippen LogP contribution in [0, 0.1) is 28.8 Å². The lowest BCUT2D eigenvalue weighted by Crippen LogP contribution is -2.19. The molecule has 0 N–H and O–H groups in total. The maximum Gasteiger partial charge on any atom is 0.264 e. The van der Waals surface area contributed by atoms with Gasteiger partial charge in [-0.2, -0.15) is 5.26 Å². The van der Waals surface area contributed by atoms with E-state index < -0.39 is 23.0 Å². The van der Waals surface area contributed by atoms with Crippen LogP contribution in [0.1, 0.15) is 19.4 Å². The van der Waals surface area contributed by atoms with Crippen LogP contribution >= 0.6 is 0 Å². The van der Waals surface area contributed by atoms with Gasteiger partial charge in [-0.05, 0) is 54.1 Å². The highest BCUT2D eigenvalue weighted by Gasteiger charge is 2.19. The van der Waals surface area contributed by atoms with Crippen molar-refractivity contribution >= 4 is 10.8 Å². The van der Waals surface area contributed by atoms with E-state index in [2.05, 4.69) is 0 Å². The number of hydrogen-bond donors (Lipinski definition) is 0. The SMILES string of the molecule is CC.COc1ccc(-n2cc(-c3cc(F)c(F)c(F)c3)c3cc(OC)cc(C#N)c3c2=O)cc1. The maximum atomic E-state index is 14.0. The van der Waals surface area contributed by atoms with Gasteiger partial charge in [0, 0.05) is 22.8 Å². The molecule has 4 rings (SSSR count). The van der Waals surface area contributed by atoms with Crippen molar-refractivity contribution in [3.8, 4) is 34.4 Å².